The molecule has 0 saturated carbocycles. The van der Waals surface area contributed by atoms with E-state index in [1.165, 1.54) is 13.2 Å². The molecule has 2 aromatic carbocycles. The van der Waals surface area contributed by atoms with Crippen LogP contribution < -0.4 is 15.7 Å². The Kier molecular flexibility index (Phi) is 4.33. The number of carbonyl (C=O) groups excluding carboxylic acids is 1. The lowest BCUT2D eigenvalue weighted by molar-refractivity contribution is 0.0952. The van der Waals surface area contributed by atoms with Gasteiger partial charge in [-0.15, -0.1) is 0 Å². The van der Waals surface area contributed by atoms with Crippen molar-refractivity contribution in [2.45, 2.75) is 13.5 Å². The number of carbonyl (C=O) groups is 1. The Hall–Kier alpha value is -3.08. The van der Waals surface area contributed by atoms with Gasteiger partial charge in [-0.1, -0.05) is 29.8 Å². The molecule has 1 N–H and O–H groups in total. The van der Waals surface area contributed by atoms with Gasteiger partial charge in [0.2, 0.25) is 0 Å². The highest BCUT2D eigenvalue weighted by atomic mass is 16.5. The van der Waals surface area contributed by atoms with E-state index >= 15 is 0 Å². The summed E-state index contributed by atoms with van der Waals surface area (Å²) >= 11 is 0. The molecule has 0 aliphatic carbocycles. The van der Waals surface area contributed by atoms with Gasteiger partial charge in [0.05, 0.1) is 12.7 Å². The van der Waals surface area contributed by atoms with Crippen molar-refractivity contribution in [2.75, 3.05) is 7.11 Å². The molecule has 122 valence electrons. The van der Waals surface area contributed by atoms with Crippen LogP contribution in [-0.2, 0) is 6.54 Å². The average Bonchev–Trinajstić information content (AvgIpc) is 2.59. The van der Waals surface area contributed by atoms with E-state index in [0.717, 1.165) is 11.1 Å². The van der Waals surface area contributed by atoms with Crippen molar-refractivity contribution in [1.82, 2.24) is 5.32 Å². The standard InChI is InChI=1S/C19H17NO4/c1-12-3-5-13(6-4-12)11-20-19(22)16-10-18(21)24-17-9-14(23-2)7-8-15(16)17/h3-10H,11H2,1-2H3,(H,20,22). The quantitative estimate of drug-likeness (QED) is 0.749. The van der Waals surface area contributed by atoms with E-state index < -0.39 is 5.63 Å². The number of nitrogens with one attached hydrogen (secondary N) is 1. The number of hydrogen-bond donors (Lipinski definition) is 1. The van der Waals surface area contributed by atoms with E-state index in [-0.39, 0.29) is 11.5 Å². The van der Waals surface area contributed by atoms with Crippen LogP contribution in [0.2, 0.25) is 0 Å². The van der Waals surface area contributed by atoms with Crippen LogP contribution in [0.25, 0.3) is 11.0 Å². The minimum Gasteiger partial charge on any atom is -0.497 e. The molecule has 0 bridgehead atoms. The Morgan fingerprint density at radius 3 is 2.58 bits per heavy atom. The normalized spacial score (nSPS) is 10.6. The highest BCUT2D eigenvalue weighted by Gasteiger charge is 2.13. The number of fused-ring (bicyclic) bond motifs is 1. The molecule has 0 aliphatic heterocycles. The highest BCUT2D eigenvalue weighted by Crippen LogP contribution is 2.22. The molecule has 3 rings (SSSR count). The van der Waals surface area contributed by atoms with E-state index in [1.807, 2.05) is 31.2 Å². The first-order valence-corrected chi connectivity index (χ1v) is 7.52. The van der Waals surface area contributed by atoms with Crippen molar-refractivity contribution in [3.05, 3.63) is 75.6 Å². The zero-order valence-electron chi connectivity index (χ0n) is 13.5. The van der Waals surface area contributed by atoms with Crippen LogP contribution in [0.5, 0.6) is 5.75 Å². The van der Waals surface area contributed by atoms with Crippen molar-refractivity contribution < 1.29 is 13.9 Å². The fraction of sp³-hybridized carbons (Fsp3) is 0.158. The summed E-state index contributed by atoms with van der Waals surface area (Å²) in [6.07, 6.45) is 0. The monoisotopic (exact) mass is 323 g/mol. The molecule has 0 saturated heterocycles. The number of aryl methyl sites for hydroxylation is 1. The van der Waals surface area contributed by atoms with Crippen LogP contribution in [0, 0.1) is 6.92 Å². The number of benzene rings is 2. The third-order valence-electron chi connectivity index (χ3n) is 3.77. The maximum atomic E-state index is 12.5. The van der Waals surface area contributed by atoms with Gasteiger partial charge in [0.15, 0.2) is 0 Å². The predicted molar refractivity (Wildman–Crippen MR) is 91.4 cm³/mol. The van der Waals surface area contributed by atoms with E-state index in [1.54, 1.807) is 18.2 Å². The molecule has 0 aliphatic rings. The third kappa shape index (κ3) is 3.30. The SMILES string of the molecule is COc1ccc2c(C(=O)NCc3ccc(C)cc3)cc(=O)oc2c1. The fourth-order valence-electron chi connectivity index (χ4n) is 2.44. The molecular formula is C19H17NO4. The number of amides is 1. The van der Waals surface area contributed by atoms with Gasteiger partial charge in [0, 0.05) is 24.1 Å². The molecule has 1 aromatic heterocycles. The summed E-state index contributed by atoms with van der Waals surface area (Å²) in [4.78, 5) is 24.2. The molecule has 1 heterocycles. The topological polar surface area (TPSA) is 68.5 Å². The predicted octanol–water partition coefficient (Wildman–Crippen LogP) is 3.04. The average molecular weight is 323 g/mol. The summed E-state index contributed by atoms with van der Waals surface area (Å²) in [5.74, 6) is 0.238. The first-order chi connectivity index (χ1) is 11.6. The summed E-state index contributed by atoms with van der Waals surface area (Å²) in [7, 11) is 1.53. The van der Waals surface area contributed by atoms with Crippen LogP contribution in [0.15, 0.2) is 57.7 Å². The van der Waals surface area contributed by atoms with Gasteiger partial charge in [-0.05, 0) is 24.6 Å². The third-order valence-corrected chi connectivity index (χ3v) is 3.77. The maximum absolute atomic E-state index is 12.5. The Bertz CT molecular complexity index is 942. The Labute approximate surface area is 138 Å². The molecule has 5 heteroatoms. The largest absolute Gasteiger partial charge is 0.497 e. The van der Waals surface area contributed by atoms with Gasteiger partial charge in [0.25, 0.3) is 5.91 Å². The molecule has 0 fully saturated rings. The zero-order valence-corrected chi connectivity index (χ0v) is 13.5. The van der Waals surface area contributed by atoms with Gasteiger partial charge < -0.3 is 14.5 Å². The molecule has 0 spiro atoms. The lowest BCUT2D eigenvalue weighted by Crippen LogP contribution is -2.24. The Morgan fingerprint density at radius 1 is 1.12 bits per heavy atom. The second kappa shape index (κ2) is 6.58. The summed E-state index contributed by atoms with van der Waals surface area (Å²) < 4.78 is 10.3. The summed E-state index contributed by atoms with van der Waals surface area (Å²) in [5.41, 5.74) is 2.18. The molecule has 5 nitrogen and oxygen atoms in total. The number of hydrogen-bond acceptors (Lipinski definition) is 4. The van der Waals surface area contributed by atoms with Crippen LogP contribution in [0.1, 0.15) is 21.5 Å². The van der Waals surface area contributed by atoms with Crippen molar-refractivity contribution in [3.8, 4) is 5.75 Å². The lowest BCUT2D eigenvalue weighted by atomic mass is 10.1. The minimum absolute atomic E-state index is 0.288. The molecular weight excluding hydrogens is 306 g/mol. The molecule has 0 atom stereocenters. The summed E-state index contributed by atoms with van der Waals surface area (Å²) in [6.45, 7) is 2.39. The van der Waals surface area contributed by atoms with Gasteiger partial charge in [-0.25, -0.2) is 4.79 Å². The van der Waals surface area contributed by atoms with E-state index in [9.17, 15) is 9.59 Å². The van der Waals surface area contributed by atoms with Gasteiger partial charge in [-0.2, -0.15) is 0 Å². The molecule has 24 heavy (non-hydrogen) atoms. The first-order valence-electron chi connectivity index (χ1n) is 7.52. The van der Waals surface area contributed by atoms with E-state index in [2.05, 4.69) is 5.32 Å². The van der Waals surface area contributed by atoms with Crippen molar-refractivity contribution in [1.29, 1.82) is 0 Å². The number of ether oxygens (including phenoxy) is 1. The van der Waals surface area contributed by atoms with Gasteiger partial charge in [0.1, 0.15) is 11.3 Å². The van der Waals surface area contributed by atoms with Crippen LogP contribution in [0.3, 0.4) is 0 Å². The Balaban J connectivity index is 1.88. The summed E-state index contributed by atoms with van der Waals surface area (Å²) in [6, 6.07) is 14.1. The second-order valence-corrected chi connectivity index (χ2v) is 5.51. The first kappa shape index (κ1) is 15.8. The number of methoxy groups -OCH3 is 1. The molecule has 0 radical (unpaired) electrons. The van der Waals surface area contributed by atoms with Crippen LogP contribution in [-0.4, -0.2) is 13.0 Å². The van der Waals surface area contributed by atoms with Crippen molar-refractivity contribution >= 4 is 16.9 Å². The van der Waals surface area contributed by atoms with Crippen molar-refractivity contribution in [3.63, 3.8) is 0 Å². The maximum Gasteiger partial charge on any atom is 0.337 e. The summed E-state index contributed by atoms with van der Waals surface area (Å²) in [5, 5.41) is 3.40. The fourth-order valence-corrected chi connectivity index (χ4v) is 2.44. The Morgan fingerprint density at radius 2 is 1.88 bits per heavy atom. The minimum atomic E-state index is -0.573. The van der Waals surface area contributed by atoms with Gasteiger partial charge in [-0.3, -0.25) is 4.79 Å². The second-order valence-electron chi connectivity index (χ2n) is 5.51. The zero-order chi connectivity index (χ0) is 17.1. The van der Waals surface area contributed by atoms with Crippen molar-refractivity contribution in [2.24, 2.45) is 0 Å². The lowest BCUT2D eigenvalue weighted by Gasteiger charge is -2.08. The van der Waals surface area contributed by atoms with E-state index in [4.69, 9.17) is 9.15 Å². The van der Waals surface area contributed by atoms with E-state index in [0.29, 0.717) is 23.3 Å². The number of rotatable bonds is 4. The molecule has 0 unspecified atom stereocenters. The smallest absolute Gasteiger partial charge is 0.337 e. The molecule has 3 aromatic rings. The van der Waals surface area contributed by atoms with Gasteiger partial charge >= 0.3 is 5.63 Å². The molecule has 1 amide bonds. The highest BCUT2D eigenvalue weighted by molar-refractivity contribution is 6.05. The van der Waals surface area contributed by atoms with Crippen LogP contribution in [0.4, 0.5) is 0 Å². The van der Waals surface area contributed by atoms with Crippen LogP contribution >= 0.6 is 0 Å².